The van der Waals surface area contributed by atoms with E-state index >= 15 is 0 Å². The van der Waals surface area contributed by atoms with Crippen LogP contribution in [0.4, 0.5) is 22.1 Å². The lowest BCUT2D eigenvalue weighted by molar-refractivity contribution is 0.368. The minimum Gasteiger partial charge on any atom is -0.399 e. The number of rotatable bonds is 0. The van der Waals surface area contributed by atoms with Crippen molar-refractivity contribution in [2.24, 2.45) is 0 Å². The summed E-state index contributed by atoms with van der Waals surface area (Å²) in [5, 5.41) is 0. The van der Waals surface area contributed by atoms with Crippen molar-refractivity contribution in [1.29, 1.82) is 0 Å². The van der Waals surface area contributed by atoms with Crippen LogP contribution in [-0.2, 0) is 0 Å². The molecule has 0 atom stereocenters. The number of nitrogen functional groups attached to an aromatic ring is 1. The molecule has 6 heteroatoms. The Hall–Kier alpha value is -1.04. The Labute approximate surface area is 68.5 Å². The van der Waals surface area contributed by atoms with E-state index in [-0.39, 0.29) is 0 Å². The number of nitrogens with two attached hydrogens (primary N) is 1. The summed E-state index contributed by atoms with van der Waals surface area (Å²) < 4.78 is 39.3. The van der Waals surface area contributed by atoms with E-state index in [0.717, 1.165) is 5.69 Å². The van der Waals surface area contributed by atoms with Crippen molar-refractivity contribution in [3.05, 3.63) is 30.3 Å². The Morgan fingerprint density at radius 2 is 1.25 bits per heavy atom. The van der Waals surface area contributed by atoms with Crippen LogP contribution in [0, 0.1) is 0 Å². The van der Waals surface area contributed by atoms with Gasteiger partial charge in [0.25, 0.3) is 0 Å². The molecule has 0 bridgehead atoms. The summed E-state index contributed by atoms with van der Waals surface area (Å²) in [5.74, 6) is 0. The number of halogens is 4. The van der Waals surface area contributed by atoms with Gasteiger partial charge >= 0.3 is 9.41 Å². The normalized spacial score (nSPS) is 10.0. The first-order valence-corrected chi connectivity index (χ1v) is 4.47. The Kier molecular flexibility index (Phi) is 4.34. The predicted molar refractivity (Wildman–Crippen MR) is 41.0 cm³/mol. The highest BCUT2D eigenvalue weighted by Crippen LogP contribution is 2.06. The van der Waals surface area contributed by atoms with Crippen LogP contribution in [0.15, 0.2) is 30.3 Å². The molecule has 68 valence electrons. The molecule has 0 heterocycles. The highest BCUT2D eigenvalue weighted by atomic mass is 28.5. The van der Waals surface area contributed by atoms with Crippen LogP contribution in [0.3, 0.4) is 0 Å². The third-order valence-corrected chi connectivity index (χ3v) is 0.800. The van der Waals surface area contributed by atoms with Crippen LogP contribution in [-0.4, -0.2) is 9.41 Å². The van der Waals surface area contributed by atoms with Gasteiger partial charge in [0.05, 0.1) is 0 Å². The molecule has 1 aromatic rings. The van der Waals surface area contributed by atoms with Crippen LogP contribution >= 0.6 is 0 Å². The second-order valence-corrected chi connectivity index (χ2v) is 2.70. The van der Waals surface area contributed by atoms with E-state index < -0.39 is 9.41 Å². The van der Waals surface area contributed by atoms with Crippen molar-refractivity contribution in [3.8, 4) is 0 Å². The minimum absolute atomic E-state index is 0.822. The molecule has 0 saturated carbocycles. The smallest absolute Gasteiger partial charge is 0.399 e. The van der Waals surface area contributed by atoms with Crippen LogP contribution in [0.2, 0.25) is 0 Å². The summed E-state index contributed by atoms with van der Waals surface area (Å²) in [6.45, 7) is 0. The van der Waals surface area contributed by atoms with Crippen molar-refractivity contribution in [3.63, 3.8) is 0 Å². The van der Waals surface area contributed by atoms with Gasteiger partial charge in [-0.25, -0.2) is 16.4 Å². The van der Waals surface area contributed by atoms with Gasteiger partial charge in [0.1, 0.15) is 0 Å². The van der Waals surface area contributed by atoms with Crippen LogP contribution in [0.5, 0.6) is 0 Å². The van der Waals surface area contributed by atoms with Gasteiger partial charge in [-0.3, -0.25) is 0 Å². The van der Waals surface area contributed by atoms with Crippen molar-refractivity contribution < 1.29 is 16.4 Å². The number of hydrogen-bond donors (Lipinski definition) is 1. The third-order valence-electron chi connectivity index (χ3n) is 0.800. The maximum Gasteiger partial charge on any atom is 0.844 e. The fraction of sp³-hybridized carbons (Fsp3) is 0. The SMILES string of the molecule is F[Si](F)(F)F.Nc1ccccc1. The van der Waals surface area contributed by atoms with Gasteiger partial charge < -0.3 is 5.73 Å². The highest BCUT2D eigenvalue weighted by molar-refractivity contribution is 6.50. The molecule has 0 aliphatic heterocycles. The minimum atomic E-state index is -6.61. The van der Waals surface area contributed by atoms with Crippen LogP contribution < -0.4 is 5.73 Å². The summed E-state index contributed by atoms with van der Waals surface area (Å²) in [7, 11) is -6.61. The fourth-order valence-corrected chi connectivity index (χ4v) is 0.453. The standard InChI is InChI=1S/C6H7N.F4Si/c7-6-4-2-1-3-5-6;1-5(2,3)4/h1-5H,7H2;. The maximum absolute atomic E-state index is 9.83. The van der Waals surface area contributed by atoms with E-state index in [1.807, 2.05) is 30.3 Å². The average Bonchev–Trinajstić information content (AvgIpc) is 1.85. The van der Waals surface area contributed by atoms with Crippen molar-refractivity contribution >= 4 is 15.1 Å². The fourth-order valence-electron chi connectivity index (χ4n) is 0.453. The number of hydrogen-bond acceptors (Lipinski definition) is 1. The highest BCUT2D eigenvalue weighted by Gasteiger charge is 2.39. The number of para-hydroxylation sites is 1. The molecule has 2 N–H and O–H groups in total. The Morgan fingerprint density at radius 3 is 1.42 bits per heavy atom. The molecule has 0 aromatic heterocycles. The average molecular weight is 197 g/mol. The first-order valence-electron chi connectivity index (χ1n) is 2.96. The Balaban J connectivity index is 0.000000217. The number of benzene rings is 1. The molecule has 0 aliphatic carbocycles. The molecular formula is C6H7F4NSi. The second-order valence-electron chi connectivity index (χ2n) is 1.84. The van der Waals surface area contributed by atoms with E-state index in [4.69, 9.17) is 5.73 Å². The van der Waals surface area contributed by atoms with Crippen molar-refractivity contribution in [2.45, 2.75) is 0 Å². The summed E-state index contributed by atoms with van der Waals surface area (Å²) >= 11 is 0. The first-order chi connectivity index (χ1) is 5.39. The van der Waals surface area contributed by atoms with Crippen LogP contribution in [0.25, 0.3) is 0 Å². The summed E-state index contributed by atoms with van der Waals surface area (Å²) in [6, 6.07) is 9.49. The summed E-state index contributed by atoms with van der Waals surface area (Å²) in [4.78, 5) is 0. The second kappa shape index (κ2) is 4.76. The Morgan fingerprint density at radius 1 is 0.917 bits per heavy atom. The van der Waals surface area contributed by atoms with Gasteiger partial charge in [-0.15, -0.1) is 0 Å². The van der Waals surface area contributed by atoms with Gasteiger partial charge in [-0.05, 0) is 12.1 Å². The Bertz CT molecular complexity index is 205. The quantitative estimate of drug-likeness (QED) is 0.294. The lowest BCUT2D eigenvalue weighted by Crippen LogP contribution is -2.02. The lowest BCUT2D eigenvalue weighted by atomic mass is 10.3. The van der Waals surface area contributed by atoms with E-state index in [9.17, 15) is 16.4 Å². The lowest BCUT2D eigenvalue weighted by Gasteiger charge is -1.83. The maximum atomic E-state index is 9.83. The molecule has 1 rings (SSSR count). The summed E-state index contributed by atoms with van der Waals surface area (Å²) in [5.41, 5.74) is 6.18. The number of anilines is 1. The van der Waals surface area contributed by atoms with Crippen LogP contribution in [0.1, 0.15) is 0 Å². The van der Waals surface area contributed by atoms with Gasteiger partial charge in [0.2, 0.25) is 0 Å². The van der Waals surface area contributed by atoms with Gasteiger partial charge in [-0.2, -0.15) is 0 Å². The van der Waals surface area contributed by atoms with Crippen molar-refractivity contribution in [2.75, 3.05) is 5.73 Å². The molecule has 0 unspecified atom stereocenters. The van der Waals surface area contributed by atoms with Crippen molar-refractivity contribution in [1.82, 2.24) is 0 Å². The molecule has 0 saturated heterocycles. The molecule has 0 amide bonds. The molecule has 1 nitrogen and oxygen atoms in total. The molecule has 0 fully saturated rings. The van der Waals surface area contributed by atoms with E-state index in [1.54, 1.807) is 0 Å². The molecular weight excluding hydrogens is 190 g/mol. The van der Waals surface area contributed by atoms with E-state index in [2.05, 4.69) is 0 Å². The van der Waals surface area contributed by atoms with Gasteiger partial charge in [-0.1, -0.05) is 18.2 Å². The molecule has 0 radical (unpaired) electrons. The topological polar surface area (TPSA) is 26.0 Å². The zero-order valence-electron chi connectivity index (χ0n) is 5.98. The van der Waals surface area contributed by atoms with Gasteiger partial charge in [0, 0.05) is 5.69 Å². The van der Waals surface area contributed by atoms with E-state index in [0.29, 0.717) is 0 Å². The molecule has 1 aromatic carbocycles. The van der Waals surface area contributed by atoms with E-state index in [1.165, 1.54) is 0 Å². The monoisotopic (exact) mass is 197 g/mol. The molecule has 0 spiro atoms. The zero-order chi connectivity index (χ0) is 9.61. The zero-order valence-corrected chi connectivity index (χ0v) is 6.98. The predicted octanol–water partition coefficient (Wildman–Crippen LogP) is 2.57. The summed E-state index contributed by atoms with van der Waals surface area (Å²) in [6.07, 6.45) is 0. The molecule has 12 heavy (non-hydrogen) atoms. The molecule has 0 aliphatic rings. The van der Waals surface area contributed by atoms with Gasteiger partial charge in [0.15, 0.2) is 0 Å². The largest absolute Gasteiger partial charge is 0.844 e. The first kappa shape index (κ1) is 11.0. The third kappa shape index (κ3) is 11.7.